The number of aromatic nitrogens is 1. The predicted octanol–water partition coefficient (Wildman–Crippen LogP) is 4.98. The number of nitrogens with one attached hydrogen (secondary N) is 2. The molecule has 0 aliphatic heterocycles. The van der Waals surface area contributed by atoms with Crippen molar-refractivity contribution in [1.29, 1.82) is 0 Å². The van der Waals surface area contributed by atoms with E-state index in [1.807, 2.05) is 6.07 Å². The molecule has 146 valence electrons. The van der Waals surface area contributed by atoms with E-state index in [9.17, 15) is 17.6 Å². The molecule has 1 heterocycles. The zero-order valence-electron chi connectivity index (χ0n) is 15.4. The molecule has 0 unspecified atom stereocenters. The van der Waals surface area contributed by atoms with Crippen LogP contribution >= 0.6 is 0 Å². The maximum absolute atomic E-state index is 13.4. The summed E-state index contributed by atoms with van der Waals surface area (Å²) in [6.07, 6.45) is 0. The number of benzene rings is 3. The van der Waals surface area contributed by atoms with Crippen LogP contribution in [-0.2, 0) is 10.0 Å². The van der Waals surface area contributed by atoms with Gasteiger partial charge in [-0.25, -0.2) is 12.8 Å². The lowest BCUT2D eigenvalue weighted by Crippen LogP contribution is -2.13. The van der Waals surface area contributed by atoms with Crippen LogP contribution in [0.4, 0.5) is 10.1 Å². The highest BCUT2D eigenvalue weighted by molar-refractivity contribution is 7.92. The largest absolute Gasteiger partial charge is 0.355 e. The lowest BCUT2D eigenvalue weighted by atomic mass is 10.1. The second-order valence-corrected chi connectivity index (χ2v) is 8.36. The Morgan fingerprint density at radius 2 is 1.62 bits per heavy atom. The predicted molar refractivity (Wildman–Crippen MR) is 111 cm³/mol. The van der Waals surface area contributed by atoms with E-state index in [1.165, 1.54) is 43.3 Å². The quantitative estimate of drug-likeness (QED) is 0.457. The number of Topliss-reactive ketones (excluding diaryl/α,β-unsaturated/α-hetero) is 1. The SMILES string of the molecule is CC(=O)c1ccc(S(=O)(=O)Nc2ccc(-c3cc4cc(F)ccc4[nH]3)cc2)cc1. The summed E-state index contributed by atoms with van der Waals surface area (Å²) in [4.78, 5) is 14.6. The molecule has 29 heavy (non-hydrogen) atoms. The first-order valence-corrected chi connectivity index (χ1v) is 10.3. The molecule has 0 fully saturated rings. The Morgan fingerprint density at radius 1 is 0.931 bits per heavy atom. The number of hydrogen-bond donors (Lipinski definition) is 2. The molecule has 0 saturated heterocycles. The van der Waals surface area contributed by atoms with Gasteiger partial charge < -0.3 is 4.98 Å². The minimum atomic E-state index is -3.77. The van der Waals surface area contributed by atoms with Crippen LogP contribution in [0.2, 0.25) is 0 Å². The highest BCUT2D eigenvalue weighted by Gasteiger charge is 2.15. The van der Waals surface area contributed by atoms with Crippen LogP contribution in [-0.4, -0.2) is 19.2 Å². The fourth-order valence-electron chi connectivity index (χ4n) is 3.06. The van der Waals surface area contributed by atoms with Crippen molar-refractivity contribution in [2.45, 2.75) is 11.8 Å². The number of anilines is 1. The fraction of sp³-hybridized carbons (Fsp3) is 0.0455. The van der Waals surface area contributed by atoms with E-state index in [0.29, 0.717) is 11.3 Å². The summed E-state index contributed by atoms with van der Waals surface area (Å²) in [6.45, 7) is 1.42. The van der Waals surface area contributed by atoms with E-state index >= 15 is 0 Å². The van der Waals surface area contributed by atoms with Crippen LogP contribution in [0.5, 0.6) is 0 Å². The third-order valence-corrected chi connectivity index (χ3v) is 6.00. The van der Waals surface area contributed by atoms with Gasteiger partial charge in [0.05, 0.1) is 4.90 Å². The lowest BCUT2D eigenvalue weighted by Gasteiger charge is -2.09. The number of ketones is 1. The first-order chi connectivity index (χ1) is 13.8. The van der Waals surface area contributed by atoms with Gasteiger partial charge in [0.1, 0.15) is 5.82 Å². The van der Waals surface area contributed by atoms with Crippen molar-refractivity contribution in [2.75, 3.05) is 4.72 Å². The van der Waals surface area contributed by atoms with Crippen molar-refractivity contribution < 1.29 is 17.6 Å². The number of carbonyl (C=O) groups is 1. The normalized spacial score (nSPS) is 11.5. The molecular weight excluding hydrogens is 391 g/mol. The number of hydrogen-bond acceptors (Lipinski definition) is 3. The van der Waals surface area contributed by atoms with E-state index in [1.54, 1.807) is 30.3 Å². The first-order valence-electron chi connectivity index (χ1n) is 8.84. The summed E-state index contributed by atoms with van der Waals surface area (Å²) in [7, 11) is -3.77. The molecule has 4 aromatic rings. The van der Waals surface area contributed by atoms with E-state index in [0.717, 1.165) is 22.2 Å². The van der Waals surface area contributed by atoms with Gasteiger partial charge in [-0.15, -0.1) is 0 Å². The Balaban J connectivity index is 1.56. The molecule has 0 radical (unpaired) electrons. The Kier molecular flexibility index (Phi) is 4.68. The van der Waals surface area contributed by atoms with Crippen LogP contribution in [0.3, 0.4) is 0 Å². The molecule has 0 atom stereocenters. The fourth-order valence-corrected chi connectivity index (χ4v) is 4.12. The second kappa shape index (κ2) is 7.18. The zero-order chi connectivity index (χ0) is 20.6. The smallest absolute Gasteiger partial charge is 0.261 e. The topological polar surface area (TPSA) is 79.0 Å². The molecule has 0 aliphatic carbocycles. The Morgan fingerprint density at radius 3 is 2.28 bits per heavy atom. The minimum absolute atomic E-state index is 0.0734. The first kappa shape index (κ1) is 18.9. The minimum Gasteiger partial charge on any atom is -0.355 e. The standard InChI is InChI=1S/C22H17FN2O3S/c1-14(26)15-4-9-20(10-5-15)29(27,28)25-19-7-2-16(3-8-19)22-13-17-12-18(23)6-11-21(17)24-22/h2-13,24-25H,1H3. The third-order valence-electron chi connectivity index (χ3n) is 4.60. The number of halogens is 1. The molecule has 4 rings (SSSR count). The van der Waals surface area contributed by atoms with Gasteiger partial charge in [0.2, 0.25) is 0 Å². The van der Waals surface area contributed by atoms with Crippen molar-refractivity contribution >= 4 is 32.4 Å². The molecule has 2 N–H and O–H groups in total. The van der Waals surface area contributed by atoms with Gasteiger partial charge in [-0.2, -0.15) is 0 Å². The van der Waals surface area contributed by atoms with Crippen LogP contribution in [0.1, 0.15) is 17.3 Å². The highest BCUT2D eigenvalue weighted by Crippen LogP contribution is 2.26. The van der Waals surface area contributed by atoms with Gasteiger partial charge in [-0.05, 0) is 61.0 Å². The number of carbonyl (C=O) groups excluding carboxylic acids is 1. The molecule has 0 bridgehead atoms. The van der Waals surface area contributed by atoms with Gasteiger partial charge in [0, 0.05) is 27.8 Å². The number of rotatable bonds is 5. The van der Waals surface area contributed by atoms with E-state index < -0.39 is 10.0 Å². The van der Waals surface area contributed by atoms with E-state index in [4.69, 9.17) is 0 Å². The molecule has 3 aromatic carbocycles. The van der Waals surface area contributed by atoms with Crippen LogP contribution in [0.25, 0.3) is 22.2 Å². The average Bonchev–Trinajstić information content (AvgIpc) is 3.11. The second-order valence-electron chi connectivity index (χ2n) is 6.68. The summed E-state index contributed by atoms with van der Waals surface area (Å²) in [6, 6.07) is 19.0. The van der Waals surface area contributed by atoms with Crippen LogP contribution < -0.4 is 4.72 Å². The highest BCUT2D eigenvalue weighted by atomic mass is 32.2. The summed E-state index contributed by atoms with van der Waals surface area (Å²) in [5, 5.41) is 0.763. The number of H-pyrrole nitrogens is 1. The summed E-state index contributed by atoms with van der Waals surface area (Å²) >= 11 is 0. The van der Waals surface area contributed by atoms with Crippen LogP contribution in [0.15, 0.2) is 77.7 Å². The van der Waals surface area contributed by atoms with Gasteiger partial charge in [0.15, 0.2) is 5.78 Å². The van der Waals surface area contributed by atoms with Crippen LogP contribution in [0, 0.1) is 5.82 Å². The number of aromatic amines is 1. The Hall–Kier alpha value is -3.45. The molecule has 0 amide bonds. The van der Waals surface area contributed by atoms with E-state index in [-0.39, 0.29) is 16.5 Å². The molecule has 7 heteroatoms. The average molecular weight is 408 g/mol. The number of sulfonamides is 1. The summed E-state index contributed by atoms with van der Waals surface area (Å²) in [5.41, 5.74) is 3.33. The lowest BCUT2D eigenvalue weighted by molar-refractivity contribution is 0.101. The van der Waals surface area contributed by atoms with Gasteiger partial charge >= 0.3 is 0 Å². The van der Waals surface area contributed by atoms with Crippen molar-refractivity contribution in [3.8, 4) is 11.3 Å². The maximum Gasteiger partial charge on any atom is 0.261 e. The zero-order valence-corrected chi connectivity index (χ0v) is 16.3. The van der Waals surface area contributed by atoms with Gasteiger partial charge in [-0.3, -0.25) is 9.52 Å². The summed E-state index contributed by atoms with van der Waals surface area (Å²) in [5.74, 6) is -0.429. The van der Waals surface area contributed by atoms with E-state index in [2.05, 4.69) is 9.71 Å². The third kappa shape index (κ3) is 3.90. The molecule has 0 aliphatic rings. The molecule has 0 saturated carbocycles. The van der Waals surface area contributed by atoms with Crippen molar-refractivity contribution in [3.05, 3.63) is 84.2 Å². The number of fused-ring (bicyclic) bond motifs is 1. The Labute approximate surface area is 167 Å². The molecule has 5 nitrogen and oxygen atoms in total. The van der Waals surface area contributed by atoms with Crippen molar-refractivity contribution in [1.82, 2.24) is 4.98 Å². The maximum atomic E-state index is 13.4. The molecule has 1 aromatic heterocycles. The van der Waals surface area contributed by atoms with Gasteiger partial charge in [-0.1, -0.05) is 24.3 Å². The summed E-state index contributed by atoms with van der Waals surface area (Å²) < 4.78 is 41.0. The Bertz CT molecular complexity index is 1310. The van der Waals surface area contributed by atoms with Crippen molar-refractivity contribution in [3.63, 3.8) is 0 Å². The monoisotopic (exact) mass is 408 g/mol. The van der Waals surface area contributed by atoms with Crippen molar-refractivity contribution in [2.24, 2.45) is 0 Å². The van der Waals surface area contributed by atoms with Gasteiger partial charge in [0.25, 0.3) is 10.0 Å². The molecule has 0 spiro atoms. The molecular formula is C22H17FN2O3S.